The Labute approximate surface area is 145 Å². The average molecular weight is 342 g/mol. The van der Waals surface area contributed by atoms with Crippen molar-refractivity contribution >= 4 is 11.0 Å². The molecular formula is C19H22N2O4. The molecular weight excluding hydrogens is 320 g/mol. The highest BCUT2D eigenvalue weighted by atomic mass is 16.5. The maximum Gasteiger partial charge on any atom is 0.328 e. The first kappa shape index (κ1) is 17.3. The second-order valence-corrected chi connectivity index (χ2v) is 5.92. The first-order chi connectivity index (χ1) is 12.1. The number of ether oxygens (including phenoxy) is 2. The first-order valence-electron chi connectivity index (χ1n) is 8.13. The van der Waals surface area contributed by atoms with Gasteiger partial charge in [-0.2, -0.15) is 0 Å². The van der Waals surface area contributed by atoms with Gasteiger partial charge in [0.2, 0.25) is 0 Å². The average Bonchev–Trinajstić information content (AvgIpc) is 2.87. The second kappa shape index (κ2) is 7.55. The van der Waals surface area contributed by atoms with E-state index in [9.17, 15) is 9.90 Å². The number of nitrogens with zero attached hydrogens (tertiary/aromatic N) is 2. The summed E-state index contributed by atoms with van der Waals surface area (Å²) >= 11 is 0. The molecule has 0 saturated heterocycles. The van der Waals surface area contributed by atoms with E-state index in [4.69, 9.17) is 9.47 Å². The third kappa shape index (κ3) is 3.60. The third-order valence-electron chi connectivity index (χ3n) is 4.21. The number of rotatable bonds is 7. The Morgan fingerprint density at radius 3 is 2.52 bits per heavy atom. The summed E-state index contributed by atoms with van der Waals surface area (Å²) in [7, 11) is 3.34. The van der Waals surface area contributed by atoms with E-state index in [0.717, 1.165) is 22.3 Å². The smallest absolute Gasteiger partial charge is 0.328 e. The maximum atomic E-state index is 12.4. The summed E-state index contributed by atoms with van der Waals surface area (Å²) < 4.78 is 14.0. The van der Waals surface area contributed by atoms with Crippen molar-refractivity contribution in [2.24, 2.45) is 7.05 Å². The zero-order valence-corrected chi connectivity index (χ0v) is 14.4. The normalized spacial score (nSPS) is 12.4. The number of hydrogen-bond donors (Lipinski definition) is 1. The van der Waals surface area contributed by atoms with E-state index in [2.05, 4.69) is 0 Å². The number of aryl methyl sites for hydroxylation is 1. The standard InChI is InChI=1S/C19H22N2O4/c1-20-16-8-4-5-9-17(16)21(19(20)23)11-15(22)13-25-12-14-7-3-6-10-18(14)24-2/h3-10,15,22H,11-13H2,1-2H3/t15-/m1/s1. The van der Waals surface area contributed by atoms with Crippen LogP contribution in [0, 0.1) is 0 Å². The largest absolute Gasteiger partial charge is 0.496 e. The van der Waals surface area contributed by atoms with Gasteiger partial charge in [-0.3, -0.25) is 9.13 Å². The molecule has 25 heavy (non-hydrogen) atoms. The monoisotopic (exact) mass is 342 g/mol. The van der Waals surface area contributed by atoms with E-state index in [1.165, 1.54) is 0 Å². The van der Waals surface area contributed by atoms with Crippen LogP contribution in [0.5, 0.6) is 5.75 Å². The van der Waals surface area contributed by atoms with E-state index in [1.807, 2.05) is 48.5 Å². The summed E-state index contributed by atoms with van der Waals surface area (Å²) in [6, 6.07) is 15.1. The maximum absolute atomic E-state index is 12.4. The van der Waals surface area contributed by atoms with Crippen molar-refractivity contribution in [1.29, 1.82) is 0 Å². The Hall–Kier alpha value is -2.57. The van der Waals surface area contributed by atoms with Crippen molar-refractivity contribution in [1.82, 2.24) is 9.13 Å². The molecule has 3 aromatic rings. The molecule has 0 aliphatic heterocycles. The molecule has 0 radical (unpaired) electrons. The lowest BCUT2D eigenvalue weighted by molar-refractivity contribution is 0.0198. The van der Waals surface area contributed by atoms with Gasteiger partial charge in [-0.25, -0.2) is 4.79 Å². The number of fused-ring (bicyclic) bond motifs is 1. The molecule has 0 fully saturated rings. The highest BCUT2D eigenvalue weighted by Gasteiger charge is 2.14. The molecule has 0 amide bonds. The number of aliphatic hydroxyl groups is 1. The number of imidazole rings is 1. The van der Waals surface area contributed by atoms with Gasteiger partial charge in [-0.15, -0.1) is 0 Å². The summed E-state index contributed by atoms with van der Waals surface area (Å²) in [5.41, 5.74) is 2.41. The summed E-state index contributed by atoms with van der Waals surface area (Å²) in [5.74, 6) is 0.752. The molecule has 6 nitrogen and oxygen atoms in total. The number of aromatic nitrogens is 2. The summed E-state index contributed by atoms with van der Waals surface area (Å²) in [6.45, 7) is 0.658. The van der Waals surface area contributed by atoms with Crippen LogP contribution in [0.1, 0.15) is 5.56 Å². The molecule has 0 unspecified atom stereocenters. The molecule has 0 aliphatic carbocycles. The number of benzene rings is 2. The Bertz CT molecular complexity index is 913. The first-order valence-corrected chi connectivity index (χ1v) is 8.13. The molecule has 132 valence electrons. The predicted molar refractivity (Wildman–Crippen MR) is 95.8 cm³/mol. The molecule has 0 bridgehead atoms. The minimum Gasteiger partial charge on any atom is -0.496 e. The second-order valence-electron chi connectivity index (χ2n) is 5.92. The van der Waals surface area contributed by atoms with E-state index in [0.29, 0.717) is 6.61 Å². The Morgan fingerprint density at radius 2 is 1.76 bits per heavy atom. The van der Waals surface area contributed by atoms with Crippen molar-refractivity contribution in [2.75, 3.05) is 13.7 Å². The zero-order valence-electron chi connectivity index (χ0n) is 14.4. The number of aliphatic hydroxyl groups excluding tert-OH is 1. The zero-order chi connectivity index (χ0) is 17.8. The third-order valence-corrected chi connectivity index (χ3v) is 4.21. The van der Waals surface area contributed by atoms with Crippen LogP contribution < -0.4 is 10.4 Å². The van der Waals surface area contributed by atoms with Crippen LogP contribution in [-0.2, 0) is 24.9 Å². The lowest BCUT2D eigenvalue weighted by atomic mass is 10.2. The van der Waals surface area contributed by atoms with Gasteiger partial charge in [0.25, 0.3) is 0 Å². The molecule has 1 N–H and O–H groups in total. The molecule has 6 heteroatoms. The highest BCUT2D eigenvalue weighted by Crippen LogP contribution is 2.18. The van der Waals surface area contributed by atoms with Crippen LogP contribution in [0.4, 0.5) is 0 Å². The number of methoxy groups -OCH3 is 1. The van der Waals surface area contributed by atoms with Crippen molar-refractivity contribution in [2.45, 2.75) is 19.3 Å². The topological polar surface area (TPSA) is 65.6 Å². The van der Waals surface area contributed by atoms with Crippen LogP contribution in [0.15, 0.2) is 53.3 Å². The molecule has 0 aliphatic rings. The van der Waals surface area contributed by atoms with Crippen LogP contribution in [0.3, 0.4) is 0 Å². The fraction of sp³-hybridized carbons (Fsp3) is 0.316. The lowest BCUT2D eigenvalue weighted by Gasteiger charge is -2.13. The number of hydrogen-bond acceptors (Lipinski definition) is 4. The van der Waals surface area contributed by atoms with Crippen LogP contribution >= 0.6 is 0 Å². The van der Waals surface area contributed by atoms with Crippen LogP contribution in [-0.4, -0.2) is 34.1 Å². The lowest BCUT2D eigenvalue weighted by Crippen LogP contribution is -2.30. The fourth-order valence-corrected chi connectivity index (χ4v) is 2.93. The predicted octanol–water partition coefficient (Wildman–Crippen LogP) is 1.93. The van der Waals surface area contributed by atoms with E-state index in [-0.39, 0.29) is 18.8 Å². The molecule has 2 aromatic carbocycles. The van der Waals surface area contributed by atoms with Crippen molar-refractivity contribution in [3.63, 3.8) is 0 Å². The molecule has 3 rings (SSSR count). The molecule has 1 aromatic heterocycles. The van der Waals surface area contributed by atoms with E-state index < -0.39 is 6.10 Å². The van der Waals surface area contributed by atoms with E-state index in [1.54, 1.807) is 23.3 Å². The van der Waals surface area contributed by atoms with Gasteiger partial charge in [0.15, 0.2) is 0 Å². The Balaban J connectivity index is 1.65. The van der Waals surface area contributed by atoms with Crippen LogP contribution in [0.25, 0.3) is 11.0 Å². The summed E-state index contributed by atoms with van der Waals surface area (Å²) in [6.07, 6.45) is -0.779. The fourth-order valence-electron chi connectivity index (χ4n) is 2.93. The van der Waals surface area contributed by atoms with Gasteiger partial charge in [0.1, 0.15) is 5.75 Å². The van der Waals surface area contributed by atoms with Gasteiger partial charge in [0.05, 0.1) is 44.0 Å². The highest BCUT2D eigenvalue weighted by molar-refractivity contribution is 5.75. The Morgan fingerprint density at radius 1 is 1.08 bits per heavy atom. The molecule has 1 atom stereocenters. The SMILES string of the molecule is COc1ccccc1COC[C@H](O)Cn1c(=O)n(C)c2ccccc21. The Kier molecular flexibility index (Phi) is 5.21. The van der Waals surface area contributed by atoms with Crippen molar-refractivity contribution in [3.8, 4) is 5.75 Å². The summed E-state index contributed by atoms with van der Waals surface area (Å²) in [5, 5.41) is 10.3. The van der Waals surface area contributed by atoms with E-state index >= 15 is 0 Å². The van der Waals surface area contributed by atoms with Crippen molar-refractivity contribution in [3.05, 3.63) is 64.6 Å². The quantitative estimate of drug-likeness (QED) is 0.712. The minimum absolute atomic E-state index is 0.133. The van der Waals surface area contributed by atoms with Crippen LogP contribution in [0.2, 0.25) is 0 Å². The minimum atomic E-state index is -0.779. The van der Waals surface area contributed by atoms with Gasteiger partial charge in [-0.1, -0.05) is 30.3 Å². The van der Waals surface area contributed by atoms with Gasteiger partial charge in [0, 0.05) is 12.6 Å². The van der Waals surface area contributed by atoms with Gasteiger partial charge >= 0.3 is 5.69 Å². The molecule has 1 heterocycles. The molecule has 0 spiro atoms. The van der Waals surface area contributed by atoms with Crippen molar-refractivity contribution < 1.29 is 14.6 Å². The van der Waals surface area contributed by atoms with Gasteiger partial charge in [-0.05, 0) is 18.2 Å². The number of para-hydroxylation sites is 3. The van der Waals surface area contributed by atoms with Gasteiger partial charge < -0.3 is 14.6 Å². The molecule has 0 saturated carbocycles. The summed E-state index contributed by atoms with van der Waals surface area (Å²) in [4.78, 5) is 12.4.